The van der Waals surface area contributed by atoms with Crippen molar-refractivity contribution in [3.8, 4) is 11.3 Å². The van der Waals surface area contributed by atoms with Crippen molar-refractivity contribution in [3.63, 3.8) is 0 Å². The van der Waals surface area contributed by atoms with E-state index in [1.165, 1.54) is 0 Å². The Labute approximate surface area is 125 Å². The number of nitrogens with one attached hydrogen (secondary N) is 1. The molecule has 0 aliphatic carbocycles. The number of morpholine rings is 1. The highest BCUT2D eigenvalue weighted by Crippen LogP contribution is 2.21. The number of carbonyl (C=O) groups excluding carboxylic acids is 1. The van der Waals surface area contributed by atoms with Crippen LogP contribution in [0.5, 0.6) is 0 Å². The van der Waals surface area contributed by atoms with Gasteiger partial charge in [0.1, 0.15) is 5.69 Å². The lowest BCUT2D eigenvalue weighted by molar-refractivity contribution is 0.0299. The Morgan fingerprint density at radius 3 is 2.65 bits per heavy atom. The second-order valence-electron chi connectivity index (χ2n) is 4.58. The molecule has 1 N–H and O–H groups in total. The van der Waals surface area contributed by atoms with E-state index in [9.17, 15) is 4.79 Å². The van der Waals surface area contributed by atoms with Gasteiger partial charge in [-0.3, -0.25) is 9.89 Å². The predicted octanol–water partition coefficient (Wildman–Crippen LogP) is 2.31. The highest BCUT2D eigenvalue weighted by molar-refractivity contribution is 9.10. The Balaban J connectivity index is 1.79. The zero-order valence-corrected chi connectivity index (χ0v) is 12.4. The van der Waals surface area contributed by atoms with Gasteiger partial charge in [-0.05, 0) is 18.2 Å². The molecule has 1 aliphatic rings. The van der Waals surface area contributed by atoms with Gasteiger partial charge in [0, 0.05) is 23.1 Å². The molecule has 0 radical (unpaired) electrons. The van der Waals surface area contributed by atoms with Crippen LogP contribution in [0.15, 0.2) is 34.8 Å². The molecule has 5 nitrogen and oxygen atoms in total. The van der Waals surface area contributed by atoms with Gasteiger partial charge in [-0.15, -0.1) is 0 Å². The quantitative estimate of drug-likeness (QED) is 0.916. The summed E-state index contributed by atoms with van der Waals surface area (Å²) in [6, 6.07) is 9.62. The summed E-state index contributed by atoms with van der Waals surface area (Å²) < 4.78 is 6.26. The van der Waals surface area contributed by atoms with Crippen LogP contribution in [-0.4, -0.2) is 47.3 Å². The summed E-state index contributed by atoms with van der Waals surface area (Å²) in [7, 11) is 0. The lowest BCUT2D eigenvalue weighted by atomic mass is 10.1. The number of benzene rings is 1. The van der Waals surface area contributed by atoms with Crippen LogP contribution in [0, 0.1) is 0 Å². The first-order valence-corrected chi connectivity index (χ1v) is 7.22. The van der Waals surface area contributed by atoms with Gasteiger partial charge in [0.2, 0.25) is 0 Å². The van der Waals surface area contributed by atoms with Gasteiger partial charge in [-0.1, -0.05) is 28.1 Å². The van der Waals surface area contributed by atoms with Crippen LogP contribution in [0.1, 0.15) is 10.5 Å². The minimum atomic E-state index is -0.0239. The van der Waals surface area contributed by atoms with Crippen molar-refractivity contribution < 1.29 is 9.53 Å². The van der Waals surface area contributed by atoms with Crippen LogP contribution >= 0.6 is 15.9 Å². The molecule has 1 aromatic carbocycles. The van der Waals surface area contributed by atoms with Gasteiger partial charge in [0.15, 0.2) is 0 Å². The molecule has 0 bridgehead atoms. The molecule has 0 atom stereocenters. The van der Waals surface area contributed by atoms with Gasteiger partial charge in [-0.25, -0.2) is 0 Å². The molecule has 2 heterocycles. The van der Waals surface area contributed by atoms with Crippen LogP contribution in [0.2, 0.25) is 0 Å². The van der Waals surface area contributed by atoms with Crippen LogP contribution in [0.3, 0.4) is 0 Å². The third kappa shape index (κ3) is 2.76. The van der Waals surface area contributed by atoms with E-state index in [0.29, 0.717) is 32.0 Å². The standard InChI is InChI=1S/C14H14BrN3O2/c15-11-3-1-10(2-4-11)12-9-13(17-16-12)14(19)18-5-7-20-8-6-18/h1-4,9H,5-8H2,(H,16,17). The van der Waals surface area contributed by atoms with E-state index in [1.54, 1.807) is 11.0 Å². The van der Waals surface area contributed by atoms with E-state index in [2.05, 4.69) is 26.1 Å². The topological polar surface area (TPSA) is 58.2 Å². The first-order chi connectivity index (χ1) is 9.74. The number of amides is 1. The molecule has 1 aliphatic heterocycles. The number of rotatable bonds is 2. The molecule has 3 rings (SSSR count). The third-order valence-electron chi connectivity index (χ3n) is 3.25. The fourth-order valence-electron chi connectivity index (χ4n) is 2.14. The molecule has 1 amide bonds. The highest BCUT2D eigenvalue weighted by atomic mass is 79.9. The van der Waals surface area contributed by atoms with Crippen LogP contribution in [0.25, 0.3) is 11.3 Å². The summed E-state index contributed by atoms with van der Waals surface area (Å²) in [6.45, 7) is 2.45. The Morgan fingerprint density at radius 1 is 1.25 bits per heavy atom. The molecule has 2 aromatic rings. The molecule has 0 unspecified atom stereocenters. The average molecular weight is 336 g/mol. The molecule has 6 heteroatoms. The van der Waals surface area contributed by atoms with Crippen LogP contribution in [-0.2, 0) is 4.74 Å². The summed E-state index contributed by atoms with van der Waals surface area (Å²) >= 11 is 3.40. The summed E-state index contributed by atoms with van der Waals surface area (Å²) in [5, 5.41) is 7.04. The maximum Gasteiger partial charge on any atom is 0.272 e. The van der Waals surface area contributed by atoms with E-state index in [-0.39, 0.29) is 5.91 Å². The van der Waals surface area contributed by atoms with E-state index in [0.717, 1.165) is 15.7 Å². The minimum Gasteiger partial charge on any atom is -0.378 e. The van der Waals surface area contributed by atoms with Crippen molar-refractivity contribution in [2.24, 2.45) is 0 Å². The van der Waals surface area contributed by atoms with E-state index >= 15 is 0 Å². The number of aromatic amines is 1. The normalized spacial score (nSPS) is 15.3. The fourth-order valence-corrected chi connectivity index (χ4v) is 2.40. The lowest BCUT2D eigenvalue weighted by Crippen LogP contribution is -2.40. The van der Waals surface area contributed by atoms with Crippen molar-refractivity contribution in [2.75, 3.05) is 26.3 Å². The van der Waals surface area contributed by atoms with Gasteiger partial charge >= 0.3 is 0 Å². The Kier molecular flexibility index (Phi) is 3.84. The number of hydrogen-bond donors (Lipinski definition) is 1. The van der Waals surface area contributed by atoms with Crippen molar-refractivity contribution in [1.82, 2.24) is 15.1 Å². The van der Waals surface area contributed by atoms with E-state index in [4.69, 9.17) is 4.74 Å². The predicted molar refractivity (Wildman–Crippen MR) is 78.4 cm³/mol. The monoisotopic (exact) mass is 335 g/mol. The Bertz CT molecular complexity index is 603. The second kappa shape index (κ2) is 5.76. The summed E-state index contributed by atoms with van der Waals surface area (Å²) in [5.41, 5.74) is 2.27. The maximum absolute atomic E-state index is 12.3. The SMILES string of the molecule is O=C(c1cc(-c2ccc(Br)cc2)n[nH]1)N1CCOCC1. The first-order valence-electron chi connectivity index (χ1n) is 6.42. The molecule has 104 valence electrons. The van der Waals surface area contributed by atoms with Crippen LogP contribution < -0.4 is 0 Å². The molecular formula is C14H14BrN3O2. The third-order valence-corrected chi connectivity index (χ3v) is 3.78. The fraction of sp³-hybridized carbons (Fsp3) is 0.286. The average Bonchev–Trinajstić information content (AvgIpc) is 2.98. The van der Waals surface area contributed by atoms with Crippen molar-refractivity contribution in [1.29, 1.82) is 0 Å². The number of nitrogens with zero attached hydrogens (tertiary/aromatic N) is 2. The summed E-state index contributed by atoms with van der Waals surface area (Å²) in [4.78, 5) is 14.1. The van der Waals surface area contributed by atoms with Crippen LogP contribution in [0.4, 0.5) is 0 Å². The number of hydrogen-bond acceptors (Lipinski definition) is 3. The maximum atomic E-state index is 12.3. The molecule has 0 saturated carbocycles. The molecule has 1 saturated heterocycles. The number of ether oxygens (including phenoxy) is 1. The van der Waals surface area contributed by atoms with Gasteiger partial charge in [0.05, 0.1) is 18.9 Å². The Hall–Kier alpha value is -1.66. The summed E-state index contributed by atoms with van der Waals surface area (Å²) in [5.74, 6) is -0.0239. The van der Waals surface area contributed by atoms with Crippen molar-refractivity contribution in [3.05, 3.63) is 40.5 Å². The zero-order chi connectivity index (χ0) is 13.9. The number of halogens is 1. The second-order valence-corrected chi connectivity index (χ2v) is 5.49. The van der Waals surface area contributed by atoms with Crippen molar-refractivity contribution in [2.45, 2.75) is 0 Å². The molecule has 20 heavy (non-hydrogen) atoms. The van der Waals surface area contributed by atoms with E-state index in [1.807, 2.05) is 24.3 Å². The summed E-state index contributed by atoms with van der Waals surface area (Å²) in [6.07, 6.45) is 0. The molecule has 1 aromatic heterocycles. The number of aromatic nitrogens is 2. The van der Waals surface area contributed by atoms with Gasteiger partial charge in [0.25, 0.3) is 5.91 Å². The first kappa shape index (κ1) is 13.3. The molecule has 0 spiro atoms. The minimum absolute atomic E-state index is 0.0239. The van der Waals surface area contributed by atoms with Gasteiger partial charge in [-0.2, -0.15) is 5.10 Å². The molecular weight excluding hydrogens is 322 g/mol. The largest absolute Gasteiger partial charge is 0.378 e. The van der Waals surface area contributed by atoms with Gasteiger partial charge < -0.3 is 9.64 Å². The number of carbonyl (C=O) groups is 1. The highest BCUT2D eigenvalue weighted by Gasteiger charge is 2.20. The smallest absolute Gasteiger partial charge is 0.272 e. The zero-order valence-electron chi connectivity index (χ0n) is 10.8. The number of H-pyrrole nitrogens is 1. The van der Waals surface area contributed by atoms with E-state index < -0.39 is 0 Å². The molecule has 1 fully saturated rings. The van der Waals surface area contributed by atoms with Crippen molar-refractivity contribution >= 4 is 21.8 Å². The Morgan fingerprint density at radius 2 is 1.95 bits per heavy atom. The lowest BCUT2D eigenvalue weighted by Gasteiger charge is -2.26.